The van der Waals surface area contributed by atoms with Crippen LogP contribution >= 0.6 is 0 Å². The second-order valence-corrected chi connectivity index (χ2v) is 21.1. The van der Waals surface area contributed by atoms with Crippen LogP contribution in [0.25, 0.3) is 0 Å². The Labute approximate surface area is 413 Å². The highest BCUT2D eigenvalue weighted by molar-refractivity contribution is 5.76. The van der Waals surface area contributed by atoms with E-state index < -0.39 is 12.1 Å². The fourth-order valence-corrected chi connectivity index (χ4v) is 9.76. The molecule has 0 aromatic carbocycles. The van der Waals surface area contributed by atoms with Crippen molar-refractivity contribution in [3.05, 3.63) is 0 Å². The first-order valence-electron chi connectivity index (χ1n) is 30.3. The molecule has 2 unspecified atom stereocenters. The summed E-state index contributed by atoms with van der Waals surface area (Å²) in [7, 11) is 0. The van der Waals surface area contributed by atoms with Crippen LogP contribution in [0.3, 0.4) is 0 Å². The smallest absolute Gasteiger partial charge is 0.305 e. The fourth-order valence-electron chi connectivity index (χ4n) is 9.76. The summed E-state index contributed by atoms with van der Waals surface area (Å²) in [6.07, 6.45) is 65.3. The number of nitrogens with one attached hydrogen (secondary N) is 1. The van der Waals surface area contributed by atoms with E-state index in [0.717, 1.165) is 57.8 Å². The summed E-state index contributed by atoms with van der Waals surface area (Å²) in [5.74, 6) is -0.0654. The van der Waals surface area contributed by atoms with Crippen molar-refractivity contribution in [2.24, 2.45) is 0 Å². The van der Waals surface area contributed by atoms with Gasteiger partial charge in [0.25, 0.3) is 0 Å². The number of aliphatic hydroxyl groups is 2. The Morgan fingerprint density at radius 2 is 0.621 bits per heavy atom. The monoisotopic (exact) mass is 934 g/mol. The Hall–Kier alpha value is -1.14. The molecule has 0 aromatic rings. The summed E-state index contributed by atoms with van der Waals surface area (Å²) in [5.41, 5.74) is 0. The SMILES string of the molecule is CCCCCCCCCCCCCCCCCCCCCCCC(O)C(CO)NC(=O)CCCCCCCCCCCCOC(=O)CCCCCCCCCCCCCCCCCCCC. The van der Waals surface area contributed by atoms with Gasteiger partial charge in [0.1, 0.15) is 0 Å². The minimum atomic E-state index is -0.678. The average molecular weight is 935 g/mol. The van der Waals surface area contributed by atoms with E-state index in [4.69, 9.17) is 4.74 Å². The number of ether oxygens (including phenoxy) is 1. The van der Waals surface area contributed by atoms with Crippen LogP contribution in [0.5, 0.6) is 0 Å². The van der Waals surface area contributed by atoms with Crippen molar-refractivity contribution in [3.8, 4) is 0 Å². The van der Waals surface area contributed by atoms with Gasteiger partial charge in [0.15, 0.2) is 0 Å². The standard InChI is InChI=1S/C60H119NO5/c1-3-5-7-9-11-13-15-17-19-21-23-24-25-26-28-30-32-36-40-44-48-52-58(63)57(56-62)61-59(64)53-49-45-41-37-34-35-39-43-47-51-55-66-60(65)54-50-46-42-38-33-31-29-27-22-20-18-16-14-12-10-8-6-4-2/h57-58,62-63H,3-56H2,1-2H3,(H,61,64). The van der Waals surface area contributed by atoms with E-state index in [1.165, 1.54) is 257 Å². The first kappa shape index (κ1) is 64.9. The first-order chi connectivity index (χ1) is 32.5. The highest BCUT2D eigenvalue weighted by Gasteiger charge is 2.20. The van der Waals surface area contributed by atoms with Crippen molar-refractivity contribution in [2.75, 3.05) is 13.2 Å². The van der Waals surface area contributed by atoms with E-state index in [9.17, 15) is 19.8 Å². The van der Waals surface area contributed by atoms with Gasteiger partial charge < -0.3 is 20.3 Å². The van der Waals surface area contributed by atoms with Gasteiger partial charge in [0.2, 0.25) is 5.91 Å². The second kappa shape index (κ2) is 56.4. The van der Waals surface area contributed by atoms with Crippen molar-refractivity contribution in [2.45, 2.75) is 360 Å². The Kier molecular flexibility index (Phi) is 55.5. The molecule has 0 aliphatic rings. The van der Waals surface area contributed by atoms with Crippen molar-refractivity contribution < 1.29 is 24.5 Å². The maximum atomic E-state index is 12.5. The van der Waals surface area contributed by atoms with Crippen LogP contribution in [0.15, 0.2) is 0 Å². The third-order valence-electron chi connectivity index (χ3n) is 14.4. The van der Waals surface area contributed by atoms with Gasteiger partial charge in [0, 0.05) is 12.8 Å². The van der Waals surface area contributed by atoms with E-state index in [2.05, 4.69) is 19.2 Å². The van der Waals surface area contributed by atoms with Crippen LogP contribution in [0.1, 0.15) is 348 Å². The van der Waals surface area contributed by atoms with Crippen LogP contribution in [0.4, 0.5) is 0 Å². The average Bonchev–Trinajstić information content (AvgIpc) is 3.32. The van der Waals surface area contributed by atoms with Gasteiger partial charge in [0.05, 0.1) is 25.4 Å². The third kappa shape index (κ3) is 52.2. The van der Waals surface area contributed by atoms with Gasteiger partial charge >= 0.3 is 5.97 Å². The van der Waals surface area contributed by atoms with Gasteiger partial charge in [-0.2, -0.15) is 0 Å². The number of amides is 1. The topological polar surface area (TPSA) is 95.9 Å². The zero-order chi connectivity index (χ0) is 47.9. The van der Waals surface area contributed by atoms with E-state index in [1.807, 2.05) is 0 Å². The molecule has 3 N–H and O–H groups in total. The fraction of sp³-hybridized carbons (Fsp3) is 0.967. The molecule has 1 amide bonds. The van der Waals surface area contributed by atoms with E-state index >= 15 is 0 Å². The van der Waals surface area contributed by atoms with E-state index in [0.29, 0.717) is 25.9 Å². The molecule has 0 rings (SSSR count). The number of rotatable bonds is 57. The molecule has 0 heterocycles. The zero-order valence-corrected chi connectivity index (χ0v) is 45.0. The molecule has 0 saturated carbocycles. The van der Waals surface area contributed by atoms with E-state index in [1.54, 1.807) is 0 Å². The Bertz CT molecular complexity index is 944. The molecule has 0 aromatic heterocycles. The van der Waals surface area contributed by atoms with Crippen LogP contribution in [0.2, 0.25) is 0 Å². The maximum Gasteiger partial charge on any atom is 0.305 e. The lowest BCUT2D eigenvalue weighted by Crippen LogP contribution is -2.45. The lowest BCUT2D eigenvalue weighted by Gasteiger charge is -2.22. The molecule has 2 atom stereocenters. The van der Waals surface area contributed by atoms with Gasteiger partial charge in [-0.25, -0.2) is 0 Å². The molecule has 0 radical (unpaired) electrons. The molecule has 6 nitrogen and oxygen atoms in total. The molecule has 66 heavy (non-hydrogen) atoms. The molecule has 0 aliphatic heterocycles. The van der Waals surface area contributed by atoms with Crippen LogP contribution in [-0.2, 0) is 14.3 Å². The van der Waals surface area contributed by atoms with Crippen LogP contribution in [-0.4, -0.2) is 47.4 Å². The lowest BCUT2D eigenvalue weighted by atomic mass is 10.0. The third-order valence-corrected chi connectivity index (χ3v) is 14.4. The highest BCUT2D eigenvalue weighted by atomic mass is 16.5. The largest absolute Gasteiger partial charge is 0.466 e. The quantitative estimate of drug-likeness (QED) is 0.0417. The number of carbonyl (C=O) groups is 2. The summed E-state index contributed by atoms with van der Waals surface area (Å²) >= 11 is 0. The van der Waals surface area contributed by atoms with Crippen molar-refractivity contribution in [1.82, 2.24) is 5.32 Å². The molecular weight excluding hydrogens is 815 g/mol. The summed E-state index contributed by atoms with van der Waals surface area (Å²) in [6, 6.07) is -0.557. The number of hydrogen-bond acceptors (Lipinski definition) is 5. The Morgan fingerprint density at radius 3 is 0.924 bits per heavy atom. The summed E-state index contributed by atoms with van der Waals surface area (Å²) < 4.78 is 5.48. The zero-order valence-electron chi connectivity index (χ0n) is 45.0. The minimum Gasteiger partial charge on any atom is -0.466 e. The molecule has 0 spiro atoms. The Morgan fingerprint density at radius 1 is 0.364 bits per heavy atom. The molecule has 0 fully saturated rings. The number of unbranched alkanes of at least 4 members (excludes halogenated alkanes) is 46. The van der Waals surface area contributed by atoms with Crippen molar-refractivity contribution in [3.63, 3.8) is 0 Å². The summed E-state index contributed by atoms with van der Waals surface area (Å²) in [5, 5.41) is 23.3. The molecule has 394 valence electrons. The number of esters is 1. The van der Waals surface area contributed by atoms with Gasteiger partial charge in [-0.15, -0.1) is 0 Å². The second-order valence-electron chi connectivity index (χ2n) is 21.1. The minimum absolute atomic E-state index is 0.0128. The van der Waals surface area contributed by atoms with Gasteiger partial charge in [-0.05, 0) is 25.7 Å². The normalized spacial score (nSPS) is 12.5. The molecule has 0 aliphatic carbocycles. The van der Waals surface area contributed by atoms with Crippen molar-refractivity contribution >= 4 is 11.9 Å². The number of carbonyl (C=O) groups excluding carboxylic acids is 2. The molecule has 6 heteroatoms. The maximum absolute atomic E-state index is 12.5. The molecular formula is C60H119NO5. The molecule has 0 bridgehead atoms. The van der Waals surface area contributed by atoms with E-state index in [-0.39, 0.29) is 18.5 Å². The first-order valence-corrected chi connectivity index (χ1v) is 30.3. The summed E-state index contributed by atoms with van der Waals surface area (Å²) in [6.45, 7) is 4.94. The van der Waals surface area contributed by atoms with Gasteiger partial charge in [-0.3, -0.25) is 9.59 Å². The van der Waals surface area contributed by atoms with Gasteiger partial charge in [-0.1, -0.05) is 309 Å². The predicted molar refractivity (Wildman–Crippen MR) is 287 cm³/mol. The summed E-state index contributed by atoms with van der Waals surface area (Å²) in [4.78, 5) is 24.6. The lowest BCUT2D eigenvalue weighted by molar-refractivity contribution is -0.143. The highest BCUT2D eigenvalue weighted by Crippen LogP contribution is 2.18. The Balaban J connectivity index is 3.43. The van der Waals surface area contributed by atoms with Crippen molar-refractivity contribution in [1.29, 1.82) is 0 Å². The number of aliphatic hydroxyl groups excluding tert-OH is 2. The predicted octanol–water partition coefficient (Wildman–Crippen LogP) is 18.7. The molecule has 0 saturated heterocycles. The van der Waals surface area contributed by atoms with Crippen LogP contribution < -0.4 is 5.32 Å². The van der Waals surface area contributed by atoms with Crippen LogP contribution in [0, 0.1) is 0 Å². The number of hydrogen-bond donors (Lipinski definition) is 3.